The molecule has 4 nitrogen and oxygen atoms in total. The van der Waals surface area contributed by atoms with Gasteiger partial charge in [-0.15, -0.1) is 0 Å². The predicted octanol–water partition coefficient (Wildman–Crippen LogP) is 3.14. The molecule has 0 atom stereocenters. The summed E-state index contributed by atoms with van der Waals surface area (Å²) >= 11 is 1.60. The Kier molecular flexibility index (Phi) is 3.68. The number of hydrogen-bond donors (Lipinski definition) is 1. The summed E-state index contributed by atoms with van der Waals surface area (Å²) in [5.74, 6) is 1.61. The van der Waals surface area contributed by atoms with Crippen LogP contribution in [0.3, 0.4) is 0 Å². The number of fused-ring (bicyclic) bond motifs is 1. The van der Waals surface area contributed by atoms with Crippen LogP contribution >= 0.6 is 11.3 Å². The number of hydrogen-bond acceptors (Lipinski definition) is 5. The maximum atomic E-state index is 5.60. The molecule has 1 aromatic heterocycles. The van der Waals surface area contributed by atoms with E-state index in [0.717, 1.165) is 26.8 Å². The third-order valence-corrected chi connectivity index (χ3v) is 3.28. The Labute approximate surface area is 105 Å². The summed E-state index contributed by atoms with van der Waals surface area (Å²) < 4.78 is 12.2. The molecular formula is C12H16N2O2S. The van der Waals surface area contributed by atoms with Crippen LogP contribution in [0.5, 0.6) is 11.5 Å². The minimum atomic E-state index is 0.622. The lowest BCUT2D eigenvalue weighted by Crippen LogP contribution is -1.95. The molecule has 0 aliphatic rings. The molecule has 0 aliphatic carbocycles. The zero-order valence-electron chi connectivity index (χ0n) is 10.2. The number of benzene rings is 1. The maximum absolute atomic E-state index is 5.60. The van der Waals surface area contributed by atoms with Crippen molar-refractivity contribution in [2.24, 2.45) is 0 Å². The Morgan fingerprint density at radius 2 is 2.00 bits per heavy atom. The van der Waals surface area contributed by atoms with E-state index in [1.165, 1.54) is 0 Å². The lowest BCUT2D eigenvalue weighted by molar-refractivity contribution is 0.326. The first-order chi connectivity index (χ1) is 8.28. The summed E-state index contributed by atoms with van der Waals surface area (Å²) in [7, 11) is 1.86. The number of anilines is 1. The van der Waals surface area contributed by atoms with Gasteiger partial charge in [-0.2, -0.15) is 0 Å². The van der Waals surface area contributed by atoms with E-state index in [4.69, 9.17) is 9.47 Å². The molecule has 17 heavy (non-hydrogen) atoms. The van der Waals surface area contributed by atoms with Gasteiger partial charge in [-0.1, -0.05) is 11.3 Å². The van der Waals surface area contributed by atoms with Gasteiger partial charge in [-0.05, 0) is 19.9 Å². The molecular weight excluding hydrogens is 236 g/mol. The van der Waals surface area contributed by atoms with Crippen LogP contribution in [0.25, 0.3) is 10.2 Å². The summed E-state index contributed by atoms with van der Waals surface area (Å²) in [5.41, 5.74) is 0.893. The summed E-state index contributed by atoms with van der Waals surface area (Å²) in [6.45, 7) is 5.20. The van der Waals surface area contributed by atoms with Gasteiger partial charge >= 0.3 is 0 Å². The van der Waals surface area contributed by atoms with Crippen LogP contribution < -0.4 is 14.8 Å². The first-order valence-electron chi connectivity index (χ1n) is 5.66. The van der Waals surface area contributed by atoms with E-state index in [1.807, 2.05) is 33.0 Å². The van der Waals surface area contributed by atoms with E-state index in [0.29, 0.717) is 13.2 Å². The molecule has 0 aliphatic heterocycles. The second-order valence-electron chi connectivity index (χ2n) is 3.40. The van der Waals surface area contributed by atoms with Crippen LogP contribution in [0.2, 0.25) is 0 Å². The van der Waals surface area contributed by atoms with Gasteiger partial charge < -0.3 is 14.8 Å². The number of thiazole rings is 1. The molecule has 92 valence electrons. The number of rotatable bonds is 5. The van der Waals surface area contributed by atoms with Gasteiger partial charge in [0.1, 0.15) is 17.0 Å². The first kappa shape index (κ1) is 12.0. The van der Waals surface area contributed by atoms with Crippen molar-refractivity contribution >= 4 is 26.7 Å². The van der Waals surface area contributed by atoms with Crippen molar-refractivity contribution in [2.45, 2.75) is 13.8 Å². The largest absolute Gasteiger partial charge is 0.494 e. The van der Waals surface area contributed by atoms with E-state index in [1.54, 1.807) is 11.3 Å². The van der Waals surface area contributed by atoms with E-state index < -0.39 is 0 Å². The molecule has 0 saturated heterocycles. The minimum absolute atomic E-state index is 0.622. The lowest BCUT2D eigenvalue weighted by Gasteiger charge is -2.07. The highest BCUT2D eigenvalue weighted by Crippen LogP contribution is 2.36. The monoisotopic (exact) mass is 252 g/mol. The molecule has 1 heterocycles. The molecule has 0 fully saturated rings. The molecule has 0 spiro atoms. The minimum Gasteiger partial charge on any atom is -0.494 e. The topological polar surface area (TPSA) is 43.4 Å². The fraction of sp³-hybridized carbons (Fsp3) is 0.417. The fourth-order valence-corrected chi connectivity index (χ4v) is 2.46. The quantitative estimate of drug-likeness (QED) is 0.887. The highest BCUT2D eigenvalue weighted by atomic mass is 32.1. The molecule has 2 aromatic rings. The third-order valence-electron chi connectivity index (χ3n) is 2.26. The fourth-order valence-electron chi connectivity index (χ4n) is 1.60. The van der Waals surface area contributed by atoms with E-state index in [-0.39, 0.29) is 0 Å². The molecule has 1 N–H and O–H groups in total. The standard InChI is InChI=1S/C12H16N2O2S/c1-4-15-8-6-9(16-5-2)11-10(7-8)17-12(13-3)14-11/h6-7H,4-5H2,1-3H3,(H,13,14). The Hall–Kier alpha value is -1.49. The average molecular weight is 252 g/mol. The summed E-state index contributed by atoms with van der Waals surface area (Å²) in [6, 6.07) is 3.90. The highest BCUT2D eigenvalue weighted by molar-refractivity contribution is 7.22. The van der Waals surface area contributed by atoms with E-state index in [9.17, 15) is 0 Å². The molecule has 0 saturated carbocycles. The van der Waals surface area contributed by atoms with E-state index >= 15 is 0 Å². The van der Waals surface area contributed by atoms with Gasteiger partial charge in [-0.25, -0.2) is 4.98 Å². The third kappa shape index (κ3) is 2.44. The Bertz CT molecular complexity index is 510. The molecule has 1 aromatic carbocycles. The van der Waals surface area contributed by atoms with Crippen LogP contribution in [0.4, 0.5) is 5.13 Å². The van der Waals surface area contributed by atoms with Crippen molar-refractivity contribution in [1.82, 2.24) is 4.98 Å². The molecule has 5 heteroatoms. The van der Waals surface area contributed by atoms with Crippen LogP contribution in [0, 0.1) is 0 Å². The first-order valence-corrected chi connectivity index (χ1v) is 6.48. The van der Waals surface area contributed by atoms with Crippen molar-refractivity contribution in [3.8, 4) is 11.5 Å². The Morgan fingerprint density at radius 3 is 2.65 bits per heavy atom. The Morgan fingerprint density at radius 1 is 1.24 bits per heavy atom. The SMILES string of the molecule is CCOc1cc(OCC)c2nc(NC)sc2c1. The summed E-state index contributed by atoms with van der Waals surface area (Å²) in [6.07, 6.45) is 0. The predicted molar refractivity (Wildman–Crippen MR) is 71.5 cm³/mol. The van der Waals surface area contributed by atoms with Gasteiger partial charge in [0.2, 0.25) is 0 Å². The molecule has 0 radical (unpaired) electrons. The smallest absolute Gasteiger partial charge is 0.183 e. The molecule has 0 bridgehead atoms. The van der Waals surface area contributed by atoms with Crippen LogP contribution in [-0.2, 0) is 0 Å². The molecule has 0 unspecified atom stereocenters. The van der Waals surface area contributed by atoms with Gasteiger partial charge in [0.15, 0.2) is 5.13 Å². The number of nitrogens with zero attached hydrogens (tertiary/aromatic N) is 1. The van der Waals surface area contributed by atoms with Crippen molar-refractivity contribution in [3.63, 3.8) is 0 Å². The van der Waals surface area contributed by atoms with Crippen LogP contribution in [-0.4, -0.2) is 25.2 Å². The van der Waals surface area contributed by atoms with Gasteiger partial charge in [0, 0.05) is 13.1 Å². The highest BCUT2D eigenvalue weighted by Gasteiger charge is 2.11. The van der Waals surface area contributed by atoms with E-state index in [2.05, 4.69) is 10.3 Å². The number of ether oxygens (including phenoxy) is 2. The summed E-state index contributed by atoms with van der Waals surface area (Å²) in [5, 5.41) is 3.93. The van der Waals surface area contributed by atoms with Crippen LogP contribution in [0.1, 0.15) is 13.8 Å². The molecule has 2 rings (SSSR count). The lowest BCUT2D eigenvalue weighted by atomic mass is 10.3. The van der Waals surface area contributed by atoms with Crippen molar-refractivity contribution in [2.75, 3.05) is 25.6 Å². The van der Waals surface area contributed by atoms with Gasteiger partial charge in [-0.3, -0.25) is 0 Å². The zero-order chi connectivity index (χ0) is 12.3. The average Bonchev–Trinajstić information content (AvgIpc) is 2.73. The van der Waals surface area contributed by atoms with Gasteiger partial charge in [0.05, 0.1) is 17.9 Å². The maximum Gasteiger partial charge on any atom is 0.183 e. The normalized spacial score (nSPS) is 10.5. The number of nitrogens with one attached hydrogen (secondary N) is 1. The Balaban J connectivity index is 2.52. The van der Waals surface area contributed by atoms with Gasteiger partial charge in [0.25, 0.3) is 0 Å². The number of aromatic nitrogens is 1. The second-order valence-corrected chi connectivity index (χ2v) is 4.43. The molecule has 0 amide bonds. The second kappa shape index (κ2) is 5.23. The van der Waals surface area contributed by atoms with Crippen molar-refractivity contribution in [1.29, 1.82) is 0 Å². The summed E-state index contributed by atoms with van der Waals surface area (Å²) in [4.78, 5) is 4.48. The van der Waals surface area contributed by atoms with Crippen molar-refractivity contribution in [3.05, 3.63) is 12.1 Å². The van der Waals surface area contributed by atoms with Crippen LogP contribution in [0.15, 0.2) is 12.1 Å². The van der Waals surface area contributed by atoms with Crippen molar-refractivity contribution < 1.29 is 9.47 Å². The zero-order valence-corrected chi connectivity index (χ0v) is 11.1.